The molecule has 2 amide bonds. The molecule has 0 saturated carbocycles. The Kier molecular flexibility index (Phi) is 7.32. The number of benzene rings is 2. The molecular weight excluding hydrogens is 434 g/mol. The van der Waals surface area contributed by atoms with Gasteiger partial charge in [-0.25, -0.2) is 14.5 Å². The molecule has 7 nitrogen and oxygen atoms in total. The lowest BCUT2D eigenvalue weighted by Crippen LogP contribution is -2.50. The third-order valence-corrected chi connectivity index (χ3v) is 6.67. The Morgan fingerprint density at radius 3 is 2.32 bits per heavy atom. The van der Waals surface area contributed by atoms with E-state index >= 15 is 0 Å². The molecule has 0 unspecified atom stereocenters. The number of rotatable bonds is 8. The molecule has 2 heterocycles. The van der Waals surface area contributed by atoms with Crippen LogP contribution in [0.5, 0.6) is 0 Å². The van der Waals surface area contributed by atoms with Crippen molar-refractivity contribution in [2.75, 3.05) is 19.8 Å². The molecule has 0 spiro atoms. The van der Waals surface area contributed by atoms with Crippen molar-refractivity contribution in [3.8, 4) is 0 Å². The van der Waals surface area contributed by atoms with Gasteiger partial charge in [0.2, 0.25) is 5.91 Å². The van der Waals surface area contributed by atoms with Gasteiger partial charge in [-0.05, 0) is 24.5 Å². The maximum atomic E-state index is 13.8. The highest BCUT2D eigenvalue weighted by atomic mass is 16.6. The fourth-order valence-electron chi connectivity index (χ4n) is 5.20. The van der Waals surface area contributed by atoms with Crippen molar-refractivity contribution in [1.29, 1.82) is 0 Å². The molecule has 2 aliphatic rings. The van der Waals surface area contributed by atoms with Crippen molar-refractivity contribution >= 4 is 18.0 Å². The summed E-state index contributed by atoms with van der Waals surface area (Å²) in [5.74, 6) is -2.06. The molecule has 34 heavy (non-hydrogen) atoms. The van der Waals surface area contributed by atoms with Gasteiger partial charge >= 0.3 is 12.1 Å². The van der Waals surface area contributed by atoms with E-state index in [9.17, 15) is 14.4 Å². The Morgan fingerprint density at radius 1 is 1.06 bits per heavy atom. The van der Waals surface area contributed by atoms with Crippen LogP contribution >= 0.6 is 0 Å². The molecule has 4 rings (SSSR count). The average Bonchev–Trinajstić information content (AvgIpc) is 3.42. The summed E-state index contributed by atoms with van der Waals surface area (Å²) in [4.78, 5) is 40.9. The standard InChI is InChI=1S/C27H31NO6/c1-3-11-21-22(24(29)28-16-17-33-26(28)31)23(20-14-9-6-10-15-20)34-27(21,25(30)32-4-2)18-19-12-7-5-8-13-19/h5-10,12-15,21-23H,3-4,11,16-18H2,1-2H3/t21-,22-,23-,27-/m0/s1. The van der Waals surface area contributed by atoms with Gasteiger partial charge in [-0.15, -0.1) is 0 Å². The zero-order valence-corrected chi connectivity index (χ0v) is 19.6. The van der Waals surface area contributed by atoms with Gasteiger partial charge in [0.05, 0.1) is 25.2 Å². The highest BCUT2D eigenvalue weighted by molar-refractivity contribution is 5.96. The van der Waals surface area contributed by atoms with E-state index in [0.29, 0.717) is 6.42 Å². The Morgan fingerprint density at radius 2 is 1.74 bits per heavy atom. The van der Waals surface area contributed by atoms with Gasteiger partial charge in [0.15, 0.2) is 5.60 Å². The summed E-state index contributed by atoms with van der Waals surface area (Å²) in [5.41, 5.74) is 0.337. The van der Waals surface area contributed by atoms with Gasteiger partial charge in [-0.2, -0.15) is 0 Å². The van der Waals surface area contributed by atoms with Gasteiger partial charge < -0.3 is 14.2 Å². The normalized spacial score (nSPS) is 26.4. The lowest BCUT2D eigenvalue weighted by molar-refractivity contribution is -0.175. The van der Waals surface area contributed by atoms with E-state index in [1.807, 2.05) is 67.6 Å². The zero-order chi connectivity index (χ0) is 24.1. The van der Waals surface area contributed by atoms with Gasteiger partial charge in [-0.1, -0.05) is 74.0 Å². The maximum absolute atomic E-state index is 13.8. The van der Waals surface area contributed by atoms with Crippen LogP contribution in [-0.4, -0.2) is 48.2 Å². The quantitative estimate of drug-likeness (QED) is 0.540. The molecule has 0 aliphatic carbocycles. The molecule has 0 aromatic heterocycles. The first kappa shape index (κ1) is 24.0. The minimum absolute atomic E-state index is 0.166. The smallest absolute Gasteiger partial charge is 0.416 e. The summed E-state index contributed by atoms with van der Waals surface area (Å²) in [6.45, 7) is 4.33. The van der Waals surface area contributed by atoms with Gasteiger partial charge in [0, 0.05) is 12.3 Å². The molecule has 2 fully saturated rings. The molecule has 0 bridgehead atoms. The van der Waals surface area contributed by atoms with Crippen LogP contribution in [0.1, 0.15) is 43.9 Å². The Balaban J connectivity index is 1.84. The number of cyclic esters (lactones) is 1. The Labute approximate surface area is 200 Å². The summed E-state index contributed by atoms with van der Waals surface area (Å²) in [6.07, 6.45) is 0.221. The average molecular weight is 466 g/mol. The fourth-order valence-corrected chi connectivity index (χ4v) is 5.20. The van der Waals surface area contributed by atoms with Crippen LogP contribution in [0.2, 0.25) is 0 Å². The number of ether oxygens (including phenoxy) is 3. The van der Waals surface area contributed by atoms with E-state index in [1.54, 1.807) is 6.92 Å². The second kappa shape index (κ2) is 10.4. The monoisotopic (exact) mass is 465 g/mol. The largest absolute Gasteiger partial charge is 0.464 e. The minimum atomic E-state index is -1.36. The molecular formula is C27H31NO6. The molecule has 2 aliphatic heterocycles. The van der Waals surface area contributed by atoms with Crippen LogP contribution in [0, 0.1) is 11.8 Å². The van der Waals surface area contributed by atoms with Crippen LogP contribution < -0.4 is 0 Å². The van der Waals surface area contributed by atoms with Crippen LogP contribution in [0.3, 0.4) is 0 Å². The molecule has 2 aromatic carbocycles. The number of esters is 1. The van der Waals surface area contributed by atoms with E-state index in [0.717, 1.165) is 22.4 Å². The van der Waals surface area contributed by atoms with Crippen LogP contribution in [0.25, 0.3) is 0 Å². The second-order valence-corrected chi connectivity index (χ2v) is 8.75. The second-order valence-electron chi connectivity index (χ2n) is 8.75. The lowest BCUT2D eigenvalue weighted by Gasteiger charge is -2.33. The predicted molar refractivity (Wildman–Crippen MR) is 125 cm³/mol. The van der Waals surface area contributed by atoms with E-state index < -0.39 is 35.6 Å². The topological polar surface area (TPSA) is 82.1 Å². The van der Waals surface area contributed by atoms with Crippen molar-refractivity contribution < 1.29 is 28.6 Å². The van der Waals surface area contributed by atoms with Crippen molar-refractivity contribution in [3.63, 3.8) is 0 Å². The van der Waals surface area contributed by atoms with Gasteiger partial charge in [0.25, 0.3) is 0 Å². The van der Waals surface area contributed by atoms with E-state index in [2.05, 4.69) is 0 Å². The molecule has 2 saturated heterocycles. The molecule has 2 aromatic rings. The summed E-state index contributed by atoms with van der Waals surface area (Å²) in [7, 11) is 0. The van der Waals surface area contributed by atoms with Crippen molar-refractivity contribution in [1.82, 2.24) is 4.90 Å². The van der Waals surface area contributed by atoms with Crippen molar-refractivity contribution in [3.05, 3.63) is 71.8 Å². The Bertz CT molecular complexity index is 1010. The van der Waals surface area contributed by atoms with Crippen LogP contribution in [0.4, 0.5) is 4.79 Å². The maximum Gasteiger partial charge on any atom is 0.416 e. The zero-order valence-electron chi connectivity index (χ0n) is 19.6. The lowest BCUT2D eigenvalue weighted by atomic mass is 9.72. The number of hydrogen-bond donors (Lipinski definition) is 0. The summed E-state index contributed by atoms with van der Waals surface area (Å²) in [5, 5.41) is 0. The van der Waals surface area contributed by atoms with Crippen LogP contribution in [0.15, 0.2) is 60.7 Å². The number of nitrogens with zero attached hydrogens (tertiary/aromatic N) is 1. The van der Waals surface area contributed by atoms with E-state index in [-0.39, 0.29) is 32.1 Å². The SMILES string of the molecule is CCC[C@H]1[C@H](C(=O)N2CCOC2=O)[C@H](c2ccccc2)O[C@]1(Cc1ccccc1)C(=O)OCC. The number of imide groups is 1. The number of amides is 2. The van der Waals surface area contributed by atoms with Crippen LogP contribution in [-0.2, 0) is 30.2 Å². The summed E-state index contributed by atoms with van der Waals surface area (Å²) >= 11 is 0. The summed E-state index contributed by atoms with van der Waals surface area (Å²) < 4.78 is 17.3. The third kappa shape index (κ3) is 4.44. The first-order valence-electron chi connectivity index (χ1n) is 11.9. The highest BCUT2D eigenvalue weighted by Crippen LogP contribution is 2.53. The van der Waals surface area contributed by atoms with Gasteiger partial charge in [-0.3, -0.25) is 4.79 Å². The number of carbonyl (C=O) groups excluding carboxylic acids is 3. The minimum Gasteiger partial charge on any atom is -0.464 e. The molecule has 180 valence electrons. The molecule has 0 radical (unpaired) electrons. The van der Waals surface area contributed by atoms with Gasteiger partial charge in [0.1, 0.15) is 6.61 Å². The number of carbonyl (C=O) groups is 3. The third-order valence-electron chi connectivity index (χ3n) is 6.67. The molecule has 0 N–H and O–H groups in total. The van der Waals surface area contributed by atoms with E-state index in [4.69, 9.17) is 14.2 Å². The predicted octanol–water partition coefficient (Wildman–Crippen LogP) is 4.31. The summed E-state index contributed by atoms with van der Waals surface area (Å²) in [6, 6.07) is 19.0. The molecule has 4 atom stereocenters. The van der Waals surface area contributed by atoms with Crippen molar-refractivity contribution in [2.24, 2.45) is 11.8 Å². The first-order valence-corrected chi connectivity index (χ1v) is 11.9. The number of hydrogen-bond acceptors (Lipinski definition) is 6. The fraction of sp³-hybridized carbons (Fsp3) is 0.444. The van der Waals surface area contributed by atoms with Crippen molar-refractivity contribution in [2.45, 2.75) is 44.8 Å². The van der Waals surface area contributed by atoms with E-state index in [1.165, 1.54) is 0 Å². The molecule has 7 heteroatoms. The highest BCUT2D eigenvalue weighted by Gasteiger charge is 2.63. The Hall–Kier alpha value is -3.19. The first-order chi connectivity index (χ1) is 16.5.